The van der Waals surface area contributed by atoms with Crippen molar-refractivity contribution in [3.8, 4) is 22.1 Å². The second kappa shape index (κ2) is 7.90. The maximum atomic E-state index is 12.9. The van der Waals surface area contributed by atoms with Crippen LogP contribution in [0.1, 0.15) is 24.1 Å². The van der Waals surface area contributed by atoms with E-state index in [2.05, 4.69) is 39.5 Å². The van der Waals surface area contributed by atoms with Crippen molar-refractivity contribution in [1.82, 2.24) is 9.88 Å². The third kappa shape index (κ3) is 3.76. The molecule has 32 heavy (non-hydrogen) atoms. The molecule has 6 rings (SSSR count). The lowest BCUT2D eigenvalue weighted by atomic mass is 9.90. The van der Waals surface area contributed by atoms with E-state index < -0.39 is 0 Å². The molecule has 2 aliphatic heterocycles. The van der Waals surface area contributed by atoms with Gasteiger partial charge < -0.3 is 14.8 Å². The summed E-state index contributed by atoms with van der Waals surface area (Å²) in [5, 5.41) is 4.16. The number of ether oxygens (including phenoxy) is 2. The van der Waals surface area contributed by atoms with Gasteiger partial charge in [0.25, 0.3) is 0 Å². The minimum absolute atomic E-state index is 0.114. The lowest BCUT2D eigenvalue weighted by molar-refractivity contribution is -0.118. The summed E-state index contributed by atoms with van der Waals surface area (Å²) in [6.45, 7) is 3.25. The first-order valence-corrected chi connectivity index (χ1v) is 11.9. The molecule has 3 aromatic rings. The fraction of sp³-hybridized carbons (Fsp3) is 0.360. The van der Waals surface area contributed by atoms with Crippen molar-refractivity contribution in [1.29, 1.82) is 0 Å². The van der Waals surface area contributed by atoms with Gasteiger partial charge in [0.05, 0.1) is 0 Å². The minimum Gasteiger partial charge on any atom is -0.454 e. The standard InChI is InChI=1S/C25H25N3O3S/c29-23(27-18-6-7-21-22(12-18)31-16-30-21)20-13-25(20)8-10-28(11-9-25)15-19-14-26-24(32-19)17-4-2-1-3-5-17/h1-7,12,14,20H,8-11,13,15-16H2,(H,27,29). The van der Waals surface area contributed by atoms with Crippen LogP contribution in [-0.4, -0.2) is 35.7 Å². The molecule has 0 radical (unpaired) electrons. The maximum absolute atomic E-state index is 12.9. The Hall–Kier alpha value is -2.90. The van der Waals surface area contributed by atoms with Crippen LogP contribution in [-0.2, 0) is 11.3 Å². The molecule has 0 bridgehead atoms. The predicted molar refractivity (Wildman–Crippen MR) is 124 cm³/mol. The number of hydrogen-bond donors (Lipinski definition) is 1. The van der Waals surface area contributed by atoms with Gasteiger partial charge >= 0.3 is 0 Å². The summed E-state index contributed by atoms with van der Waals surface area (Å²) in [7, 11) is 0. The van der Waals surface area contributed by atoms with Gasteiger partial charge in [0.1, 0.15) is 5.01 Å². The van der Waals surface area contributed by atoms with Gasteiger partial charge in [0.2, 0.25) is 12.7 Å². The van der Waals surface area contributed by atoms with Crippen molar-refractivity contribution in [2.24, 2.45) is 11.3 Å². The van der Waals surface area contributed by atoms with Gasteiger partial charge in [-0.2, -0.15) is 0 Å². The molecule has 1 amide bonds. The van der Waals surface area contributed by atoms with Crippen molar-refractivity contribution >= 4 is 22.9 Å². The van der Waals surface area contributed by atoms with Crippen molar-refractivity contribution in [2.75, 3.05) is 25.2 Å². The number of carbonyl (C=O) groups is 1. The summed E-state index contributed by atoms with van der Waals surface area (Å²) >= 11 is 1.77. The highest BCUT2D eigenvalue weighted by Gasteiger charge is 2.58. The minimum atomic E-state index is 0.114. The van der Waals surface area contributed by atoms with Crippen LogP contribution in [0.3, 0.4) is 0 Å². The van der Waals surface area contributed by atoms with E-state index in [-0.39, 0.29) is 24.0 Å². The highest BCUT2D eigenvalue weighted by Crippen LogP contribution is 2.59. The van der Waals surface area contributed by atoms with Crippen LogP contribution in [0, 0.1) is 11.3 Å². The first kappa shape index (κ1) is 19.8. The molecule has 1 aliphatic carbocycles. The number of rotatable bonds is 5. The third-order valence-electron chi connectivity index (χ3n) is 6.95. The zero-order chi connectivity index (χ0) is 21.5. The number of nitrogens with zero attached hydrogens (tertiary/aromatic N) is 2. The first-order chi connectivity index (χ1) is 15.7. The summed E-state index contributed by atoms with van der Waals surface area (Å²) < 4.78 is 10.8. The quantitative estimate of drug-likeness (QED) is 0.610. The molecule has 1 atom stereocenters. The molecule has 2 fully saturated rings. The zero-order valence-corrected chi connectivity index (χ0v) is 18.6. The lowest BCUT2D eigenvalue weighted by Gasteiger charge is -2.32. The number of aromatic nitrogens is 1. The van der Waals surface area contributed by atoms with E-state index in [4.69, 9.17) is 9.47 Å². The van der Waals surface area contributed by atoms with E-state index in [1.165, 1.54) is 10.4 Å². The van der Waals surface area contributed by atoms with Crippen LogP contribution in [0.15, 0.2) is 54.7 Å². The van der Waals surface area contributed by atoms with E-state index in [1.54, 1.807) is 11.3 Å². The molecular formula is C25H25N3O3S. The predicted octanol–water partition coefficient (Wildman–Crippen LogP) is 4.78. The van der Waals surface area contributed by atoms with Gasteiger partial charge in [0.15, 0.2) is 11.5 Å². The number of nitrogens with one attached hydrogen (secondary N) is 1. The topological polar surface area (TPSA) is 63.7 Å². The van der Waals surface area contributed by atoms with Gasteiger partial charge in [0, 0.05) is 40.9 Å². The van der Waals surface area contributed by atoms with Gasteiger partial charge in [-0.3, -0.25) is 9.69 Å². The van der Waals surface area contributed by atoms with Crippen LogP contribution in [0.2, 0.25) is 0 Å². The number of amides is 1. The smallest absolute Gasteiger partial charge is 0.231 e. The van der Waals surface area contributed by atoms with Crippen molar-refractivity contribution in [3.05, 3.63) is 59.6 Å². The van der Waals surface area contributed by atoms with E-state index in [0.717, 1.165) is 55.3 Å². The number of benzene rings is 2. The van der Waals surface area contributed by atoms with Crippen LogP contribution in [0.4, 0.5) is 5.69 Å². The zero-order valence-electron chi connectivity index (χ0n) is 17.8. The molecule has 6 nitrogen and oxygen atoms in total. The Bertz CT molecular complexity index is 1140. The van der Waals surface area contributed by atoms with Crippen LogP contribution in [0.25, 0.3) is 10.6 Å². The van der Waals surface area contributed by atoms with Crippen LogP contribution < -0.4 is 14.8 Å². The third-order valence-corrected chi connectivity index (χ3v) is 7.98. The number of fused-ring (bicyclic) bond motifs is 1. The number of carbonyl (C=O) groups excluding carboxylic acids is 1. The Morgan fingerprint density at radius 3 is 2.78 bits per heavy atom. The Balaban J connectivity index is 1.02. The van der Waals surface area contributed by atoms with E-state index in [9.17, 15) is 4.79 Å². The van der Waals surface area contributed by atoms with E-state index >= 15 is 0 Å². The van der Waals surface area contributed by atoms with Crippen LogP contribution >= 0.6 is 11.3 Å². The Kier molecular flexibility index (Phi) is 4.88. The van der Waals surface area contributed by atoms with E-state index in [1.807, 2.05) is 30.5 Å². The molecule has 3 heterocycles. The fourth-order valence-corrected chi connectivity index (χ4v) is 5.91. The van der Waals surface area contributed by atoms with Gasteiger partial charge in [-0.1, -0.05) is 30.3 Å². The second-order valence-corrected chi connectivity index (χ2v) is 10.1. The summed E-state index contributed by atoms with van der Waals surface area (Å²) in [5.41, 5.74) is 2.13. The number of anilines is 1. The lowest BCUT2D eigenvalue weighted by Crippen LogP contribution is -2.35. The van der Waals surface area contributed by atoms with Crippen LogP contribution in [0.5, 0.6) is 11.5 Å². The van der Waals surface area contributed by atoms with E-state index in [0.29, 0.717) is 5.75 Å². The fourth-order valence-electron chi connectivity index (χ4n) is 4.95. The molecule has 2 aromatic carbocycles. The number of hydrogen-bond acceptors (Lipinski definition) is 6. The van der Waals surface area contributed by atoms with Gasteiger partial charge in [-0.25, -0.2) is 4.98 Å². The Morgan fingerprint density at radius 2 is 1.94 bits per heavy atom. The van der Waals surface area contributed by atoms with Gasteiger partial charge in [-0.15, -0.1) is 11.3 Å². The molecule has 1 unspecified atom stereocenters. The summed E-state index contributed by atoms with van der Waals surface area (Å²) in [6.07, 6.45) is 5.17. The highest BCUT2D eigenvalue weighted by atomic mass is 32.1. The molecule has 7 heteroatoms. The molecule has 164 valence electrons. The van der Waals surface area contributed by atoms with Crippen molar-refractivity contribution in [2.45, 2.75) is 25.8 Å². The normalized spacial score (nSPS) is 20.9. The second-order valence-electron chi connectivity index (χ2n) is 8.95. The molecule has 1 saturated carbocycles. The number of thiazole rings is 1. The van der Waals surface area contributed by atoms with Gasteiger partial charge in [-0.05, 0) is 49.9 Å². The molecule has 3 aliphatic rings. The largest absolute Gasteiger partial charge is 0.454 e. The first-order valence-electron chi connectivity index (χ1n) is 11.1. The molecule has 1 aromatic heterocycles. The summed E-state index contributed by atoms with van der Waals surface area (Å²) in [4.78, 5) is 21.3. The highest BCUT2D eigenvalue weighted by molar-refractivity contribution is 7.15. The monoisotopic (exact) mass is 447 g/mol. The Morgan fingerprint density at radius 1 is 1.12 bits per heavy atom. The summed E-state index contributed by atoms with van der Waals surface area (Å²) in [5.74, 6) is 1.67. The average Bonchev–Trinajstić information content (AvgIpc) is 3.15. The molecular weight excluding hydrogens is 422 g/mol. The maximum Gasteiger partial charge on any atom is 0.231 e. The molecule has 1 saturated heterocycles. The molecule has 1 N–H and O–H groups in total. The molecule has 1 spiro atoms. The average molecular weight is 448 g/mol. The summed E-state index contributed by atoms with van der Waals surface area (Å²) in [6, 6.07) is 15.9. The SMILES string of the molecule is O=C(Nc1ccc2c(c1)OCO2)C1CC12CCN(Cc1cnc(-c3ccccc3)s1)CC2. The van der Waals surface area contributed by atoms with Crippen molar-refractivity contribution < 1.29 is 14.3 Å². The number of piperidine rings is 1. The van der Waals surface area contributed by atoms with Crippen molar-refractivity contribution in [3.63, 3.8) is 0 Å². The Labute approximate surface area is 191 Å². The number of likely N-dealkylation sites (tertiary alicyclic amines) is 1.